The summed E-state index contributed by atoms with van der Waals surface area (Å²) in [7, 11) is 1.51. The first-order chi connectivity index (χ1) is 14.4. The van der Waals surface area contributed by atoms with Crippen LogP contribution in [0.2, 0.25) is 0 Å². The van der Waals surface area contributed by atoms with Gasteiger partial charge in [-0.05, 0) is 53.6 Å². The van der Waals surface area contributed by atoms with Crippen LogP contribution in [0.1, 0.15) is 23.6 Å². The highest BCUT2D eigenvalue weighted by Crippen LogP contribution is 2.18. The number of aromatic nitrogens is 4. The molecule has 30 heavy (non-hydrogen) atoms. The molecule has 10 heteroatoms. The van der Waals surface area contributed by atoms with Gasteiger partial charge >= 0.3 is 5.69 Å². The third-order valence-electron chi connectivity index (χ3n) is 4.43. The molecule has 3 rings (SSSR count). The molecule has 1 N–H and O–H groups in total. The van der Waals surface area contributed by atoms with Crippen molar-refractivity contribution in [2.45, 2.75) is 20.5 Å². The number of hydrogen-bond acceptors (Lipinski definition) is 7. The minimum absolute atomic E-state index is 0.00263. The number of rotatable bonds is 6. The summed E-state index contributed by atoms with van der Waals surface area (Å²) in [5.41, 5.74) is 2.93. The van der Waals surface area contributed by atoms with Crippen molar-refractivity contribution in [3.8, 4) is 5.69 Å². The number of ether oxygens (including phenoxy) is 1. The first-order valence-corrected chi connectivity index (χ1v) is 9.09. The number of aryl methyl sites for hydroxylation is 2. The van der Waals surface area contributed by atoms with Gasteiger partial charge in [0.2, 0.25) is 5.90 Å². The van der Waals surface area contributed by atoms with E-state index >= 15 is 0 Å². The predicted octanol–water partition coefficient (Wildman–Crippen LogP) is 1.75. The van der Waals surface area contributed by atoms with Crippen molar-refractivity contribution in [3.05, 3.63) is 75.5 Å². The third-order valence-corrected chi connectivity index (χ3v) is 4.43. The molecule has 0 unspecified atom stereocenters. The third kappa shape index (κ3) is 4.66. The molecule has 0 radical (unpaired) electrons. The van der Waals surface area contributed by atoms with Gasteiger partial charge < -0.3 is 9.84 Å². The van der Waals surface area contributed by atoms with Crippen LogP contribution in [0.3, 0.4) is 0 Å². The summed E-state index contributed by atoms with van der Waals surface area (Å²) in [6, 6.07) is 11.2. The van der Waals surface area contributed by atoms with Crippen molar-refractivity contribution < 1.29 is 14.2 Å². The Hall–Kier alpha value is -3.66. The zero-order valence-corrected chi connectivity index (χ0v) is 16.8. The van der Waals surface area contributed by atoms with Gasteiger partial charge in [-0.25, -0.2) is 9.18 Å². The average molecular weight is 412 g/mol. The lowest BCUT2D eigenvalue weighted by Gasteiger charge is -2.12. The van der Waals surface area contributed by atoms with E-state index in [0.717, 1.165) is 10.2 Å². The summed E-state index contributed by atoms with van der Waals surface area (Å²) in [5, 5.41) is 25.2. The molecule has 0 aliphatic rings. The van der Waals surface area contributed by atoms with Crippen molar-refractivity contribution in [1.82, 2.24) is 19.8 Å². The molecule has 0 aliphatic carbocycles. The van der Waals surface area contributed by atoms with E-state index in [-0.39, 0.29) is 18.3 Å². The zero-order valence-electron chi connectivity index (χ0n) is 16.8. The SMILES string of the molecule is C/C(=N\N=C(/CO)OCc1c(C)cccc1-n1nnn(C)c1=O)c1ccc(F)cc1. The lowest BCUT2D eigenvalue weighted by Crippen LogP contribution is -2.23. The van der Waals surface area contributed by atoms with Gasteiger partial charge in [-0.2, -0.15) is 14.5 Å². The molecule has 0 spiro atoms. The maximum Gasteiger partial charge on any atom is 0.368 e. The van der Waals surface area contributed by atoms with E-state index in [1.807, 2.05) is 13.0 Å². The summed E-state index contributed by atoms with van der Waals surface area (Å²) >= 11 is 0. The molecule has 0 aliphatic heterocycles. The topological polar surface area (TPSA) is 107 Å². The van der Waals surface area contributed by atoms with Crippen molar-refractivity contribution in [2.24, 2.45) is 17.3 Å². The van der Waals surface area contributed by atoms with Crippen LogP contribution in [0.25, 0.3) is 5.69 Å². The Kier molecular flexibility index (Phi) is 6.48. The van der Waals surface area contributed by atoms with Crippen LogP contribution in [0, 0.1) is 12.7 Å². The van der Waals surface area contributed by atoms with E-state index in [2.05, 4.69) is 20.6 Å². The molecule has 0 amide bonds. The van der Waals surface area contributed by atoms with Crippen molar-refractivity contribution in [2.75, 3.05) is 6.61 Å². The normalized spacial score (nSPS) is 12.3. The van der Waals surface area contributed by atoms with Gasteiger partial charge in [-0.3, -0.25) is 0 Å². The van der Waals surface area contributed by atoms with Gasteiger partial charge in [0.05, 0.1) is 11.4 Å². The molecular weight excluding hydrogens is 391 g/mol. The van der Waals surface area contributed by atoms with Gasteiger partial charge in [0.15, 0.2) is 0 Å². The summed E-state index contributed by atoms with van der Waals surface area (Å²) in [4.78, 5) is 12.2. The number of aliphatic hydroxyl groups is 1. The Balaban J connectivity index is 1.82. The van der Waals surface area contributed by atoms with Crippen molar-refractivity contribution in [3.63, 3.8) is 0 Å². The van der Waals surface area contributed by atoms with Crippen LogP contribution in [0.4, 0.5) is 4.39 Å². The van der Waals surface area contributed by atoms with Crippen LogP contribution in [0.5, 0.6) is 0 Å². The van der Waals surface area contributed by atoms with Crippen LogP contribution in [-0.2, 0) is 18.4 Å². The molecular formula is C20H21FN6O3. The molecule has 9 nitrogen and oxygen atoms in total. The molecule has 1 aromatic heterocycles. The van der Waals surface area contributed by atoms with Crippen molar-refractivity contribution in [1.29, 1.82) is 0 Å². The fourth-order valence-electron chi connectivity index (χ4n) is 2.68. The van der Waals surface area contributed by atoms with E-state index in [0.29, 0.717) is 22.5 Å². The molecule has 0 atom stereocenters. The van der Waals surface area contributed by atoms with Gasteiger partial charge in [0, 0.05) is 12.6 Å². The standard InChI is InChI=1S/C20H21FN6O3/c1-13-5-4-6-18(27-20(29)26(3)24-25-27)17(13)12-30-19(11-28)23-22-14(2)15-7-9-16(21)10-8-15/h4-10,28H,11-12H2,1-3H3/b22-14+,23-19+. The molecule has 0 saturated carbocycles. The Morgan fingerprint density at radius 2 is 1.90 bits per heavy atom. The number of benzene rings is 2. The molecule has 1 heterocycles. The number of hydrogen-bond donors (Lipinski definition) is 1. The van der Waals surface area contributed by atoms with Gasteiger partial charge in [0.1, 0.15) is 19.0 Å². The predicted molar refractivity (Wildman–Crippen MR) is 109 cm³/mol. The van der Waals surface area contributed by atoms with E-state index < -0.39 is 12.3 Å². The van der Waals surface area contributed by atoms with Crippen LogP contribution in [0.15, 0.2) is 57.5 Å². The van der Waals surface area contributed by atoms with Gasteiger partial charge in [0.25, 0.3) is 0 Å². The Morgan fingerprint density at radius 1 is 1.17 bits per heavy atom. The van der Waals surface area contributed by atoms with Crippen LogP contribution < -0.4 is 5.69 Å². The molecule has 0 fully saturated rings. The number of tetrazole rings is 1. The minimum atomic E-state index is -0.466. The summed E-state index contributed by atoms with van der Waals surface area (Å²) in [6.07, 6.45) is 0. The molecule has 3 aromatic rings. The second-order valence-electron chi connectivity index (χ2n) is 6.50. The summed E-state index contributed by atoms with van der Waals surface area (Å²) < 4.78 is 21.0. The Labute approximate surface area is 171 Å². The summed E-state index contributed by atoms with van der Waals surface area (Å²) in [6.45, 7) is 3.16. The van der Waals surface area contributed by atoms with Crippen LogP contribution >= 0.6 is 0 Å². The number of aliphatic hydroxyl groups excluding tert-OH is 1. The quantitative estimate of drug-likeness (QED) is 0.377. The number of halogens is 1. The average Bonchev–Trinajstić information content (AvgIpc) is 3.07. The first kappa shape index (κ1) is 21.1. The first-order valence-electron chi connectivity index (χ1n) is 9.09. The molecule has 0 bridgehead atoms. The summed E-state index contributed by atoms with van der Waals surface area (Å²) in [5.74, 6) is -0.345. The minimum Gasteiger partial charge on any atom is -0.473 e. The van der Waals surface area contributed by atoms with Gasteiger partial charge in [-0.15, -0.1) is 5.10 Å². The largest absolute Gasteiger partial charge is 0.473 e. The highest BCUT2D eigenvalue weighted by Gasteiger charge is 2.14. The van der Waals surface area contributed by atoms with E-state index in [4.69, 9.17) is 4.74 Å². The maximum atomic E-state index is 13.0. The lowest BCUT2D eigenvalue weighted by atomic mass is 10.1. The number of nitrogens with zero attached hydrogens (tertiary/aromatic N) is 6. The molecule has 0 saturated heterocycles. The van der Waals surface area contributed by atoms with Gasteiger partial charge in [-0.1, -0.05) is 24.3 Å². The highest BCUT2D eigenvalue weighted by atomic mass is 19.1. The fraction of sp³-hybridized carbons (Fsp3) is 0.250. The lowest BCUT2D eigenvalue weighted by molar-refractivity contribution is 0.243. The van der Waals surface area contributed by atoms with E-state index in [1.54, 1.807) is 31.2 Å². The smallest absolute Gasteiger partial charge is 0.368 e. The van der Waals surface area contributed by atoms with Crippen molar-refractivity contribution >= 4 is 11.6 Å². The zero-order chi connectivity index (χ0) is 21.7. The maximum absolute atomic E-state index is 13.0. The Bertz CT molecular complexity index is 1150. The highest BCUT2D eigenvalue weighted by molar-refractivity contribution is 5.98. The second kappa shape index (κ2) is 9.23. The van der Waals surface area contributed by atoms with E-state index in [1.165, 1.54) is 23.9 Å². The molecule has 156 valence electrons. The van der Waals surface area contributed by atoms with E-state index in [9.17, 15) is 14.3 Å². The fourth-order valence-corrected chi connectivity index (χ4v) is 2.68. The second-order valence-corrected chi connectivity index (χ2v) is 6.50. The monoisotopic (exact) mass is 412 g/mol. The van der Waals surface area contributed by atoms with Crippen LogP contribution in [-0.4, -0.2) is 43.1 Å². The molecule has 2 aromatic carbocycles. The Morgan fingerprint density at radius 3 is 2.53 bits per heavy atom.